The molecule has 144 valence electrons. The molecule has 0 bridgehead atoms. The van der Waals surface area contributed by atoms with Gasteiger partial charge in [-0.1, -0.05) is 0 Å². The summed E-state index contributed by atoms with van der Waals surface area (Å²) in [6, 6.07) is 8.72. The molecule has 0 fully saturated rings. The second-order valence-electron chi connectivity index (χ2n) is 6.35. The summed E-state index contributed by atoms with van der Waals surface area (Å²) in [5, 5.41) is 2.78. The van der Waals surface area contributed by atoms with Gasteiger partial charge in [-0.25, -0.2) is 0 Å². The minimum absolute atomic E-state index is 0.00725. The number of carbonyl (C=O) groups is 3. The number of rotatable bonds is 8. The summed E-state index contributed by atoms with van der Waals surface area (Å²) in [6.07, 6.45) is 0.314. The third-order valence-electron chi connectivity index (χ3n) is 4.39. The molecule has 6 heteroatoms. The van der Waals surface area contributed by atoms with E-state index < -0.39 is 0 Å². The van der Waals surface area contributed by atoms with Crippen LogP contribution in [0, 0.1) is 13.8 Å². The van der Waals surface area contributed by atoms with Crippen LogP contribution in [0.1, 0.15) is 57.2 Å². The number of ketones is 1. The molecule has 1 aromatic heterocycles. The van der Waals surface area contributed by atoms with Crippen molar-refractivity contribution in [2.45, 2.75) is 40.5 Å². The number of benzene rings is 1. The Bertz CT molecular complexity index is 820. The molecule has 0 aliphatic rings. The fourth-order valence-electron chi connectivity index (χ4n) is 2.88. The van der Waals surface area contributed by atoms with Crippen molar-refractivity contribution in [3.8, 4) is 0 Å². The van der Waals surface area contributed by atoms with Gasteiger partial charge in [0.25, 0.3) is 5.91 Å². The van der Waals surface area contributed by atoms with Crippen molar-refractivity contribution >= 4 is 34.6 Å². The summed E-state index contributed by atoms with van der Waals surface area (Å²) in [5.74, 6) is -0.243. The van der Waals surface area contributed by atoms with Crippen molar-refractivity contribution in [3.63, 3.8) is 0 Å². The number of Topliss-reactive ketones (excluding diaryl/α,β-unsaturated/α-hetero) is 1. The number of hydrogen-bond donors (Lipinski definition) is 1. The van der Waals surface area contributed by atoms with Crippen molar-refractivity contribution in [3.05, 3.63) is 51.2 Å². The quantitative estimate of drug-likeness (QED) is 0.682. The van der Waals surface area contributed by atoms with Crippen LogP contribution in [0.5, 0.6) is 0 Å². The van der Waals surface area contributed by atoms with Gasteiger partial charge in [0.15, 0.2) is 5.78 Å². The first-order chi connectivity index (χ1) is 12.8. The highest BCUT2D eigenvalue weighted by Crippen LogP contribution is 2.22. The van der Waals surface area contributed by atoms with Crippen molar-refractivity contribution < 1.29 is 14.4 Å². The number of aryl methyl sites for hydroxylation is 2. The zero-order chi connectivity index (χ0) is 20.0. The lowest BCUT2D eigenvalue weighted by Gasteiger charge is -2.18. The summed E-state index contributed by atoms with van der Waals surface area (Å²) >= 11 is 1.59. The van der Waals surface area contributed by atoms with Crippen LogP contribution in [0.15, 0.2) is 30.3 Å². The van der Waals surface area contributed by atoms with Crippen LogP contribution >= 0.6 is 11.3 Å². The van der Waals surface area contributed by atoms with Crippen LogP contribution in [0.2, 0.25) is 0 Å². The SMILES string of the molecule is CCN(CC)C(=O)c1ccc(NC(=O)CCC(=O)c2cc(C)sc2C)cc1. The third kappa shape index (κ3) is 5.50. The van der Waals surface area contributed by atoms with Crippen molar-refractivity contribution in [1.82, 2.24) is 4.90 Å². The van der Waals surface area contributed by atoms with Crippen LogP contribution in [0.25, 0.3) is 0 Å². The largest absolute Gasteiger partial charge is 0.339 e. The monoisotopic (exact) mass is 386 g/mol. The fraction of sp³-hybridized carbons (Fsp3) is 0.381. The lowest BCUT2D eigenvalue weighted by atomic mass is 10.1. The molecule has 27 heavy (non-hydrogen) atoms. The molecular formula is C21H26N2O3S. The Hall–Kier alpha value is -2.47. The van der Waals surface area contributed by atoms with E-state index in [2.05, 4.69) is 5.32 Å². The van der Waals surface area contributed by atoms with E-state index in [1.807, 2.05) is 33.8 Å². The minimum Gasteiger partial charge on any atom is -0.339 e. The van der Waals surface area contributed by atoms with Crippen LogP contribution in [-0.4, -0.2) is 35.6 Å². The van der Waals surface area contributed by atoms with Gasteiger partial charge in [0.2, 0.25) is 5.91 Å². The first-order valence-corrected chi connectivity index (χ1v) is 9.96. The second kappa shape index (κ2) is 9.46. The predicted octanol–water partition coefficient (Wildman–Crippen LogP) is 4.45. The van der Waals surface area contributed by atoms with Gasteiger partial charge in [0, 0.05) is 52.5 Å². The summed E-state index contributed by atoms with van der Waals surface area (Å²) in [6.45, 7) is 9.09. The number of thiophene rings is 1. The number of hydrogen-bond acceptors (Lipinski definition) is 4. The number of carbonyl (C=O) groups excluding carboxylic acids is 3. The lowest BCUT2D eigenvalue weighted by Crippen LogP contribution is -2.30. The van der Waals surface area contributed by atoms with E-state index in [1.165, 1.54) is 0 Å². The van der Waals surface area contributed by atoms with Gasteiger partial charge in [-0.2, -0.15) is 0 Å². The zero-order valence-corrected chi connectivity index (χ0v) is 17.1. The van der Waals surface area contributed by atoms with Gasteiger partial charge in [0.1, 0.15) is 0 Å². The van der Waals surface area contributed by atoms with Crippen molar-refractivity contribution in [2.75, 3.05) is 18.4 Å². The average Bonchev–Trinajstić information content (AvgIpc) is 2.99. The Morgan fingerprint density at radius 2 is 1.63 bits per heavy atom. The topological polar surface area (TPSA) is 66.5 Å². The molecule has 1 N–H and O–H groups in total. The summed E-state index contributed by atoms with van der Waals surface area (Å²) in [7, 11) is 0. The van der Waals surface area contributed by atoms with E-state index in [0.717, 1.165) is 9.75 Å². The van der Waals surface area contributed by atoms with E-state index in [4.69, 9.17) is 0 Å². The molecule has 0 spiro atoms. The van der Waals surface area contributed by atoms with Crippen molar-refractivity contribution in [2.24, 2.45) is 0 Å². The van der Waals surface area contributed by atoms with Gasteiger partial charge >= 0.3 is 0 Å². The first kappa shape index (κ1) is 20.8. The van der Waals surface area contributed by atoms with E-state index in [0.29, 0.717) is 29.9 Å². The minimum atomic E-state index is -0.212. The Kier molecular flexibility index (Phi) is 7.30. The molecule has 2 aromatic rings. The molecule has 0 atom stereocenters. The van der Waals surface area contributed by atoms with Gasteiger partial charge < -0.3 is 10.2 Å². The third-order valence-corrected chi connectivity index (χ3v) is 5.35. The number of nitrogens with one attached hydrogen (secondary N) is 1. The van der Waals surface area contributed by atoms with Gasteiger partial charge in [-0.3, -0.25) is 14.4 Å². The predicted molar refractivity (Wildman–Crippen MR) is 110 cm³/mol. The summed E-state index contributed by atoms with van der Waals surface area (Å²) in [4.78, 5) is 40.5. The highest BCUT2D eigenvalue weighted by atomic mass is 32.1. The van der Waals surface area contributed by atoms with E-state index in [-0.39, 0.29) is 30.4 Å². The number of amides is 2. The fourth-order valence-corrected chi connectivity index (χ4v) is 3.82. The van der Waals surface area contributed by atoms with Crippen LogP contribution in [0.4, 0.5) is 5.69 Å². The van der Waals surface area contributed by atoms with Crippen LogP contribution < -0.4 is 5.32 Å². The van der Waals surface area contributed by atoms with Gasteiger partial charge in [-0.05, 0) is 58.0 Å². The molecule has 0 unspecified atom stereocenters. The number of nitrogens with zero attached hydrogens (tertiary/aromatic N) is 1. The molecule has 5 nitrogen and oxygen atoms in total. The second-order valence-corrected chi connectivity index (χ2v) is 7.81. The van der Waals surface area contributed by atoms with Crippen LogP contribution in [0.3, 0.4) is 0 Å². The normalized spacial score (nSPS) is 10.5. The summed E-state index contributed by atoms with van der Waals surface area (Å²) in [5.41, 5.74) is 1.92. The Morgan fingerprint density at radius 3 is 2.15 bits per heavy atom. The van der Waals surface area contributed by atoms with E-state index in [1.54, 1.807) is 40.5 Å². The Labute approximate surface area is 164 Å². The molecule has 0 saturated heterocycles. The molecule has 2 amide bonds. The molecule has 2 rings (SSSR count). The summed E-state index contributed by atoms with van der Waals surface area (Å²) < 4.78 is 0. The Morgan fingerprint density at radius 1 is 1.00 bits per heavy atom. The zero-order valence-electron chi connectivity index (χ0n) is 16.3. The molecule has 1 aromatic carbocycles. The molecule has 1 heterocycles. The highest BCUT2D eigenvalue weighted by molar-refractivity contribution is 7.12. The van der Waals surface area contributed by atoms with E-state index in [9.17, 15) is 14.4 Å². The highest BCUT2D eigenvalue weighted by Gasteiger charge is 2.15. The smallest absolute Gasteiger partial charge is 0.253 e. The maximum Gasteiger partial charge on any atom is 0.253 e. The molecule has 0 saturated carbocycles. The molecule has 0 aliphatic heterocycles. The van der Waals surface area contributed by atoms with Gasteiger partial charge in [0.05, 0.1) is 0 Å². The lowest BCUT2D eigenvalue weighted by molar-refractivity contribution is -0.116. The standard InChI is InChI=1S/C21H26N2O3S/c1-5-23(6-2)21(26)16-7-9-17(10-8-16)22-20(25)12-11-19(24)18-13-14(3)27-15(18)4/h7-10,13H,5-6,11-12H2,1-4H3,(H,22,25). The van der Waals surface area contributed by atoms with Crippen molar-refractivity contribution in [1.29, 1.82) is 0 Å². The maximum atomic E-state index is 12.3. The molecule has 0 aliphatic carbocycles. The average molecular weight is 387 g/mol. The molecule has 0 radical (unpaired) electrons. The van der Waals surface area contributed by atoms with Gasteiger partial charge in [-0.15, -0.1) is 11.3 Å². The number of anilines is 1. The Balaban J connectivity index is 1.89. The van der Waals surface area contributed by atoms with E-state index >= 15 is 0 Å². The van der Waals surface area contributed by atoms with Crippen LogP contribution in [-0.2, 0) is 4.79 Å². The maximum absolute atomic E-state index is 12.3. The first-order valence-electron chi connectivity index (χ1n) is 9.15. The molecular weight excluding hydrogens is 360 g/mol.